The van der Waals surface area contributed by atoms with Crippen molar-refractivity contribution in [2.75, 3.05) is 13.1 Å². The van der Waals surface area contributed by atoms with Gasteiger partial charge in [0.15, 0.2) is 0 Å². The van der Waals surface area contributed by atoms with E-state index in [0.29, 0.717) is 6.04 Å². The maximum atomic E-state index is 8.76. The Morgan fingerprint density at radius 2 is 1.71 bits per heavy atom. The van der Waals surface area contributed by atoms with Crippen LogP contribution in [0.1, 0.15) is 38.3 Å². The van der Waals surface area contributed by atoms with Crippen LogP contribution in [0.4, 0.5) is 0 Å². The lowest BCUT2D eigenvalue weighted by atomic mass is 10.0. The SMILES string of the molecule is CCC(Cc1ccc(C#N)cc1)N(CC)CC. The highest BCUT2D eigenvalue weighted by atomic mass is 15.1. The molecule has 0 aliphatic heterocycles. The van der Waals surface area contributed by atoms with Gasteiger partial charge in [-0.3, -0.25) is 0 Å². The van der Waals surface area contributed by atoms with E-state index in [0.717, 1.165) is 25.1 Å². The van der Waals surface area contributed by atoms with Crippen LogP contribution in [0.2, 0.25) is 0 Å². The maximum Gasteiger partial charge on any atom is 0.0991 e. The highest BCUT2D eigenvalue weighted by Crippen LogP contribution is 2.12. The largest absolute Gasteiger partial charge is 0.301 e. The third-order valence-electron chi connectivity index (χ3n) is 3.35. The molecule has 92 valence electrons. The fourth-order valence-electron chi connectivity index (χ4n) is 2.26. The lowest BCUT2D eigenvalue weighted by Crippen LogP contribution is -2.36. The van der Waals surface area contributed by atoms with Gasteiger partial charge >= 0.3 is 0 Å². The van der Waals surface area contributed by atoms with Crippen LogP contribution in [0.5, 0.6) is 0 Å². The Balaban J connectivity index is 2.70. The zero-order valence-electron chi connectivity index (χ0n) is 11.1. The Bertz CT molecular complexity index is 358. The van der Waals surface area contributed by atoms with Crippen molar-refractivity contribution in [2.24, 2.45) is 0 Å². The number of hydrogen-bond acceptors (Lipinski definition) is 2. The summed E-state index contributed by atoms with van der Waals surface area (Å²) in [4.78, 5) is 2.50. The summed E-state index contributed by atoms with van der Waals surface area (Å²) in [7, 11) is 0. The van der Waals surface area contributed by atoms with Gasteiger partial charge in [0.2, 0.25) is 0 Å². The predicted octanol–water partition coefficient (Wildman–Crippen LogP) is 3.22. The van der Waals surface area contributed by atoms with E-state index in [-0.39, 0.29) is 0 Å². The summed E-state index contributed by atoms with van der Waals surface area (Å²) in [5.41, 5.74) is 2.06. The minimum atomic E-state index is 0.609. The average molecular weight is 230 g/mol. The van der Waals surface area contributed by atoms with E-state index < -0.39 is 0 Å². The quantitative estimate of drug-likeness (QED) is 0.750. The molecule has 0 heterocycles. The molecule has 0 aromatic heterocycles. The molecule has 0 N–H and O–H groups in total. The van der Waals surface area contributed by atoms with Gasteiger partial charge in [-0.2, -0.15) is 5.26 Å². The zero-order valence-corrected chi connectivity index (χ0v) is 11.1. The Morgan fingerprint density at radius 3 is 2.12 bits per heavy atom. The lowest BCUT2D eigenvalue weighted by molar-refractivity contribution is 0.210. The third-order valence-corrected chi connectivity index (χ3v) is 3.35. The van der Waals surface area contributed by atoms with Gasteiger partial charge in [-0.25, -0.2) is 0 Å². The molecule has 1 rings (SSSR count). The first-order chi connectivity index (χ1) is 8.24. The van der Waals surface area contributed by atoms with E-state index in [1.54, 1.807) is 0 Å². The molecule has 1 aromatic carbocycles. The van der Waals surface area contributed by atoms with Gasteiger partial charge in [0.05, 0.1) is 11.6 Å². The molecule has 0 saturated heterocycles. The molecular formula is C15H22N2. The van der Waals surface area contributed by atoms with E-state index in [4.69, 9.17) is 5.26 Å². The molecule has 0 radical (unpaired) electrons. The maximum absolute atomic E-state index is 8.76. The third kappa shape index (κ3) is 3.87. The van der Waals surface area contributed by atoms with Crippen molar-refractivity contribution >= 4 is 0 Å². The first-order valence-corrected chi connectivity index (χ1v) is 6.48. The molecule has 0 aliphatic rings. The van der Waals surface area contributed by atoms with Gasteiger partial charge in [0.1, 0.15) is 0 Å². The van der Waals surface area contributed by atoms with Crippen LogP contribution < -0.4 is 0 Å². The molecule has 0 saturated carbocycles. The zero-order chi connectivity index (χ0) is 12.7. The smallest absolute Gasteiger partial charge is 0.0991 e. The number of benzene rings is 1. The van der Waals surface area contributed by atoms with E-state index in [9.17, 15) is 0 Å². The standard InChI is InChI=1S/C15H22N2/c1-4-15(17(5-2)6-3)11-13-7-9-14(12-16)10-8-13/h7-10,15H,4-6,11H2,1-3H3. The fraction of sp³-hybridized carbons (Fsp3) is 0.533. The lowest BCUT2D eigenvalue weighted by Gasteiger charge is -2.28. The molecule has 2 heteroatoms. The minimum absolute atomic E-state index is 0.609. The molecule has 0 amide bonds. The van der Waals surface area contributed by atoms with Gasteiger partial charge < -0.3 is 4.90 Å². The van der Waals surface area contributed by atoms with Crippen molar-refractivity contribution in [1.29, 1.82) is 5.26 Å². The van der Waals surface area contributed by atoms with E-state index in [1.807, 2.05) is 12.1 Å². The van der Waals surface area contributed by atoms with Crippen LogP contribution in [0.15, 0.2) is 24.3 Å². The van der Waals surface area contributed by atoms with Crippen LogP contribution in [-0.4, -0.2) is 24.0 Å². The topological polar surface area (TPSA) is 27.0 Å². The number of nitriles is 1. The van der Waals surface area contributed by atoms with Crippen LogP contribution in [0.25, 0.3) is 0 Å². The van der Waals surface area contributed by atoms with Crippen molar-refractivity contribution in [3.8, 4) is 6.07 Å². The number of hydrogen-bond donors (Lipinski definition) is 0. The molecule has 1 unspecified atom stereocenters. The van der Waals surface area contributed by atoms with Gasteiger partial charge in [0.25, 0.3) is 0 Å². The second-order valence-corrected chi connectivity index (χ2v) is 4.30. The highest BCUT2D eigenvalue weighted by Gasteiger charge is 2.13. The monoisotopic (exact) mass is 230 g/mol. The Morgan fingerprint density at radius 1 is 1.12 bits per heavy atom. The molecule has 1 aromatic rings. The van der Waals surface area contributed by atoms with Crippen LogP contribution in [-0.2, 0) is 6.42 Å². The van der Waals surface area contributed by atoms with Gasteiger partial charge in [-0.15, -0.1) is 0 Å². The molecule has 17 heavy (non-hydrogen) atoms. The Kier molecular flexibility index (Phi) is 5.72. The Hall–Kier alpha value is -1.33. The van der Waals surface area contributed by atoms with Gasteiger partial charge in [-0.1, -0.05) is 32.9 Å². The van der Waals surface area contributed by atoms with Crippen LogP contribution >= 0.6 is 0 Å². The van der Waals surface area contributed by atoms with E-state index >= 15 is 0 Å². The number of rotatable bonds is 6. The van der Waals surface area contributed by atoms with Crippen molar-refractivity contribution in [3.05, 3.63) is 35.4 Å². The summed E-state index contributed by atoms with van der Waals surface area (Å²) in [6, 6.07) is 10.7. The van der Waals surface area contributed by atoms with Gasteiger partial charge in [0, 0.05) is 6.04 Å². The van der Waals surface area contributed by atoms with Crippen LogP contribution in [0.3, 0.4) is 0 Å². The summed E-state index contributed by atoms with van der Waals surface area (Å²) in [5.74, 6) is 0. The first-order valence-electron chi connectivity index (χ1n) is 6.48. The summed E-state index contributed by atoms with van der Waals surface area (Å²) >= 11 is 0. The molecular weight excluding hydrogens is 208 g/mol. The van der Waals surface area contributed by atoms with Crippen molar-refractivity contribution < 1.29 is 0 Å². The summed E-state index contributed by atoms with van der Waals surface area (Å²) in [5, 5.41) is 8.76. The predicted molar refractivity (Wildman–Crippen MR) is 71.9 cm³/mol. The number of likely N-dealkylation sites (N-methyl/N-ethyl adjacent to an activating group) is 1. The molecule has 0 fully saturated rings. The molecule has 0 bridgehead atoms. The van der Waals surface area contributed by atoms with Crippen molar-refractivity contribution in [2.45, 2.75) is 39.7 Å². The fourth-order valence-corrected chi connectivity index (χ4v) is 2.26. The highest BCUT2D eigenvalue weighted by molar-refractivity contribution is 5.31. The summed E-state index contributed by atoms with van der Waals surface area (Å²) < 4.78 is 0. The normalized spacial score (nSPS) is 12.4. The minimum Gasteiger partial charge on any atom is -0.301 e. The van der Waals surface area contributed by atoms with E-state index in [2.05, 4.69) is 43.9 Å². The number of nitrogens with zero attached hydrogens (tertiary/aromatic N) is 2. The second-order valence-electron chi connectivity index (χ2n) is 4.30. The summed E-state index contributed by atoms with van der Waals surface area (Å²) in [6.45, 7) is 8.87. The average Bonchev–Trinajstić information content (AvgIpc) is 2.39. The molecule has 0 spiro atoms. The molecule has 2 nitrogen and oxygen atoms in total. The Labute approximate surface area is 105 Å². The molecule has 1 atom stereocenters. The van der Waals surface area contributed by atoms with Crippen molar-refractivity contribution in [1.82, 2.24) is 4.90 Å². The van der Waals surface area contributed by atoms with Crippen LogP contribution in [0, 0.1) is 11.3 Å². The van der Waals surface area contributed by atoms with Gasteiger partial charge in [-0.05, 0) is 43.6 Å². The van der Waals surface area contributed by atoms with Crippen molar-refractivity contribution in [3.63, 3.8) is 0 Å². The van der Waals surface area contributed by atoms with E-state index in [1.165, 1.54) is 12.0 Å². The molecule has 0 aliphatic carbocycles. The second kappa shape index (κ2) is 7.09. The summed E-state index contributed by atoms with van der Waals surface area (Å²) in [6.07, 6.45) is 2.24. The first kappa shape index (κ1) is 13.7.